The van der Waals surface area contributed by atoms with Gasteiger partial charge in [-0.25, -0.2) is 13.4 Å². The molecule has 3 heterocycles. The normalized spacial score (nSPS) is 24.9. The molecular formula is C17H18N2O4S2. The molecule has 2 aliphatic rings. The summed E-state index contributed by atoms with van der Waals surface area (Å²) in [5.74, 6) is -0.0771. The predicted octanol–water partition coefficient (Wildman–Crippen LogP) is 1.38. The number of thiazole rings is 1. The number of carbonyl (C=O) groups excluding carboxylic acids is 1. The van der Waals surface area contributed by atoms with Gasteiger partial charge in [0.1, 0.15) is 5.01 Å². The van der Waals surface area contributed by atoms with Gasteiger partial charge in [0, 0.05) is 17.5 Å². The lowest BCUT2D eigenvalue weighted by Crippen LogP contribution is -2.53. The molecule has 1 aromatic heterocycles. The van der Waals surface area contributed by atoms with Crippen molar-refractivity contribution in [3.63, 3.8) is 0 Å². The molecule has 0 radical (unpaired) electrons. The van der Waals surface area contributed by atoms with E-state index in [0.29, 0.717) is 13.2 Å². The third-order valence-electron chi connectivity index (χ3n) is 4.56. The topological polar surface area (TPSA) is 76.6 Å². The molecule has 0 aliphatic carbocycles. The summed E-state index contributed by atoms with van der Waals surface area (Å²) in [7, 11) is -3.13. The molecule has 2 saturated heterocycles. The van der Waals surface area contributed by atoms with Crippen LogP contribution in [0, 0.1) is 0 Å². The first-order chi connectivity index (χ1) is 12.0. The van der Waals surface area contributed by atoms with Crippen molar-refractivity contribution in [1.29, 1.82) is 0 Å². The zero-order valence-corrected chi connectivity index (χ0v) is 15.1. The molecule has 2 atom stereocenters. The van der Waals surface area contributed by atoms with Crippen LogP contribution in [0.15, 0.2) is 35.7 Å². The maximum Gasteiger partial charge on any atom is 0.229 e. The number of hydrogen-bond donors (Lipinski definition) is 0. The molecule has 0 N–H and O–H groups in total. The van der Waals surface area contributed by atoms with Gasteiger partial charge in [-0.1, -0.05) is 30.3 Å². The highest BCUT2D eigenvalue weighted by Crippen LogP contribution is 2.27. The molecule has 132 valence electrons. The Hall–Kier alpha value is -1.77. The molecule has 0 bridgehead atoms. The van der Waals surface area contributed by atoms with Crippen LogP contribution in [0.5, 0.6) is 0 Å². The van der Waals surface area contributed by atoms with E-state index in [1.165, 1.54) is 11.3 Å². The van der Waals surface area contributed by atoms with Gasteiger partial charge in [0.2, 0.25) is 5.91 Å². The van der Waals surface area contributed by atoms with Crippen molar-refractivity contribution in [3.8, 4) is 10.6 Å². The zero-order chi connectivity index (χ0) is 17.4. The molecule has 6 nitrogen and oxygen atoms in total. The van der Waals surface area contributed by atoms with Gasteiger partial charge in [-0.15, -0.1) is 11.3 Å². The molecular weight excluding hydrogens is 360 g/mol. The quantitative estimate of drug-likeness (QED) is 0.806. The maximum absolute atomic E-state index is 12.7. The van der Waals surface area contributed by atoms with Crippen LogP contribution in [0.1, 0.15) is 5.69 Å². The third kappa shape index (κ3) is 3.47. The van der Waals surface area contributed by atoms with Crippen molar-refractivity contribution < 1.29 is 17.9 Å². The van der Waals surface area contributed by atoms with Gasteiger partial charge in [0.15, 0.2) is 9.84 Å². The van der Waals surface area contributed by atoms with E-state index in [1.54, 1.807) is 4.90 Å². The lowest BCUT2D eigenvalue weighted by molar-refractivity contribution is -0.142. The number of rotatable bonds is 3. The van der Waals surface area contributed by atoms with E-state index in [-0.39, 0.29) is 29.9 Å². The Morgan fingerprint density at radius 2 is 2.08 bits per heavy atom. The number of amides is 1. The molecule has 8 heteroatoms. The maximum atomic E-state index is 12.7. The van der Waals surface area contributed by atoms with Crippen LogP contribution in [-0.4, -0.2) is 61.0 Å². The minimum atomic E-state index is -3.13. The van der Waals surface area contributed by atoms with Crippen LogP contribution >= 0.6 is 11.3 Å². The monoisotopic (exact) mass is 378 g/mol. The average molecular weight is 378 g/mol. The Morgan fingerprint density at radius 3 is 2.88 bits per heavy atom. The van der Waals surface area contributed by atoms with Gasteiger partial charge >= 0.3 is 0 Å². The Morgan fingerprint density at radius 1 is 1.28 bits per heavy atom. The highest BCUT2D eigenvalue weighted by atomic mass is 32.2. The number of aromatic nitrogens is 1. The lowest BCUT2D eigenvalue weighted by atomic mass is 10.1. The molecule has 2 unspecified atom stereocenters. The first-order valence-corrected chi connectivity index (χ1v) is 10.8. The summed E-state index contributed by atoms with van der Waals surface area (Å²) >= 11 is 1.51. The van der Waals surface area contributed by atoms with E-state index in [4.69, 9.17) is 4.74 Å². The van der Waals surface area contributed by atoms with E-state index in [2.05, 4.69) is 4.98 Å². The summed E-state index contributed by atoms with van der Waals surface area (Å²) in [5, 5.41) is 2.77. The van der Waals surface area contributed by atoms with E-state index in [0.717, 1.165) is 16.3 Å². The van der Waals surface area contributed by atoms with Crippen molar-refractivity contribution in [2.45, 2.75) is 18.6 Å². The van der Waals surface area contributed by atoms with E-state index >= 15 is 0 Å². The van der Waals surface area contributed by atoms with Gasteiger partial charge in [-0.2, -0.15) is 0 Å². The fourth-order valence-corrected chi connectivity index (χ4v) is 6.08. The number of ether oxygens (including phenoxy) is 1. The van der Waals surface area contributed by atoms with Crippen LogP contribution < -0.4 is 0 Å². The number of morpholine rings is 1. The standard InChI is InChI=1S/C17H18N2O4S2/c20-16(19-6-7-23-15-11-25(21,22)10-14(15)19)8-13-9-24-17(18-13)12-4-2-1-3-5-12/h1-5,9,14-15H,6-8,10-11H2. The second-order valence-electron chi connectivity index (χ2n) is 6.33. The summed E-state index contributed by atoms with van der Waals surface area (Å²) in [5.41, 5.74) is 1.75. The Bertz CT molecular complexity index is 879. The highest BCUT2D eigenvalue weighted by Gasteiger charge is 2.45. The van der Waals surface area contributed by atoms with Crippen LogP contribution in [0.2, 0.25) is 0 Å². The molecule has 2 fully saturated rings. The van der Waals surface area contributed by atoms with Crippen molar-refractivity contribution in [2.75, 3.05) is 24.7 Å². The smallest absolute Gasteiger partial charge is 0.229 e. The average Bonchev–Trinajstić information content (AvgIpc) is 3.17. The summed E-state index contributed by atoms with van der Waals surface area (Å²) in [4.78, 5) is 18.9. The number of hydrogen-bond acceptors (Lipinski definition) is 6. The van der Waals surface area contributed by atoms with Gasteiger partial charge in [-0.3, -0.25) is 4.79 Å². The predicted molar refractivity (Wildman–Crippen MR) is 95.1 cm³/mol. The third-order valence-corrected chi connectivity index (χ3v) is 7.19. The summed E-state index contributed by atoms with van der Waals surface area (Å²) in [6.45, 7) is 0.819. The fraction of sp³-hybridized carbons (Fsp3) is 0.412. The number of carbonyl (C=O) groups is 1. The van der Waals surface area contributed by atoms with Gasteiger partial charge < -0.3 is 9.64 Å². The van der Waals surface area contributed by atoms with Crippen LogP contribution in [0.3, 0.4) is 0 Å². The number of fused-ring (bicyclic) bond motifs is 1. The molecule has 25 heavy (non-hydrogen) atoms. The summed E-state index contributed by atoms with van der Waals surface area (Å²) in [6.07, 6.45) is -0.204. The van der Waals surface area contributed by atoms with Crippen molar-refractivity contribution in [3.05, 3.63) is 41.4 Å². The summed E-state index contributed by atoms with van der Waals surface area (Å²) in [6, 6.07) is 9.47. The van der Waals surface area contributed by atoms with Crippen LogP contribution in [0.25, 0.3) is 10.6 Å². The van der Waals surface area contributed by atoms with Crippen molar-refractivity contribution in [1.82, 2.24) is 9.88 Å². The van der Waals surface area contributed by atoms with E-state index < -0.39 is 15.9 Å². The van der Waals surface area contributed by atoms with Gasteiger partial charge in [-0.05, 0) is 0 Å². The summed E-state index contributed by atoms with van der Waals surface area (Å²) < 4.78 is 29.3. The SMILES string of the molecule is O=C(Cc1csc(-c2ccccc2)n1)N1CCOC2CS(=O)(=O)CC21. The van der Waals surface area contributed by atoms with E-state index in [9.17, 15) is 13.2 Å². The number of sulfone groups is 1. The Balaban J connectivity index is 1.48. The zero-order valence-electron chi connectivity index (χ0n) is 13.5. The molecule has 0 saturated carbocycles. The largest absolute Gasteiger partial charge is 0.373 e. The second kappa shape index (κ2) is 6.51. The van der Waals surface area contributed by atoms with E-state index in [1.807, 2.05) is 35.7 Å². The fourth-order valence-electron chi connectivity index (χ4n) is 3.38. The van der Waals surface area contributed by atoms with Gasteiger partial charge in [0.05, 0.1) is 42.4 Å². The molecule has 2 aromatic rings. The van der Waals surface area contributed by atoms with Crippen molar-refractivity contribution >= 4 is 27.1 Å². The molecule has 1 aromatic carbocycles. The molecule has 4 rings (SSSR count). The second-order valence-corrected chi connectivity index (χ2v) is 9.34. The Labute approximate surface area is 150 Å². The van der Waals surface area contributed by atoms with Crippen LogP contribution in [-0.2, 0) is 25.8 Å². The number of nitrogens with zero attached hydrogens (tertiary/aromatic N) is 2. The number of benzene rings is 1. The van der Waals surface area contributed by atoms with Crippen LogP contribution in [0.4, 0.5) is 0 Å². The van der Waals surface area contributed by atoms with Gasteiger partial charge in [0.25, 0.3) is 0 Å². The Kier molecular flexibility index (Phi) is 4.35. The molecule has 1 amide bonds. The minimum absolute atomic E-state index is 0.00423. The first-order valence-electron chi connectivity index (χ1n) is 8.13. The first kappa shape index (κ1) is 16.7. The van der Waals surface area contributed by atoms with Crippen molar-refractivity contribution in [2.24, 2.45) is 0 Å². The molecule has 0 spiro atoms. The minimum Gasteiger partial charge on any atom is -0.373 e. The molecule has 2 aliphatic heterocycles. The highest BCUT2D eigenvalue weighted by molar-refractivity contribution is 7.91. The lowest BCUT2D eigenvalue weighted by Gasteiger charge is -2.36.